The van der Waals surface area contributed by atoms with Gasteiger partial charge in [0.2, 0.25) is 5.89 Å². The average Bonchev–Trinajstić information content (AvgIpc) is 3.53. The van der Waals surface area contributed by atoms with E-state index >= 15 is 0 Å². The van der Waals surface area contributed by atoms with Crippen LogP contribution in [0.5, 0.6) is 5.75 Å². The molecule has 0 unspecified atom stereocenters. The standard InChI is InChI=1S/C27H24F2N2O4/c1-16-19(17-7-3-2-4-8-17)9-5-10-20(16)25-31-22-13-18(15-33-26(32)21-11-6-12-30-21)23(35-27(28)29)14-24(22)34-25/h2-5,7-10,13-14,21,27,30H,6,11-12,15H2,1H3/t21-/m0/s1. The number of benzene rings is 3. The molecule has 1 aliphatic heterocycles. The van der Waals surface area contributed by atoms with Crippen molar-refractivity contribution in [1.82, 2.24) is 10.3 Å². The molecule has 35 heavy (non-hydrogen) atoms. The van der Waals surface area contributed by atoms with Crippen LogP contribution >= 0.6 is 0 Å². The maximum atomic E-state index is 13.1. The zero-order valence-corrected chi connectivity index (χ0v) is 19.1. The monoisotopic (exact) mass is 478 g/mol. The van der Waals surface area contributed by atoms with Crippen molar-refractivity contribution < 1.29 is 27.5 Å². The molecule has 1 fully saturated rings. The van der Waals surface area contributed by atoms with Gasteiger partial charge in [0.05, 0.1) is 0 Å². The number of fused-ring (bicyclic) bond motifs is 1. The molecule has 1 aliphatic rings. The maximum Gasteiger partial charge on any atom is 0.387 e. The Morgan fingerprint density at radius 1 is 1.14 bits per heavy atom. The lowest BCUT2D eigenvalue weighted by molar-refractivity contribution is -0.147. The van der Waals surface area contributed by atoms with Crippen LogP contribution in [0.3, 0.4) is 0 Å². The van der Waals surface area contributed by atoms with Crippen LogP contribution in [-0.2, 0) is 16.1 Å². The van der Waals surface area contributed by atoms with E-state index in [1.54, 1.807) is 6.07 Å². The molecule has 3 aromatic carbocycles. The molecule has 180 valence electrons. The van der Waals surface area contributed by atoms with Crippen LogP contribution in [0.1, 0.15) is 24.0 Å². The van der Waals surface area contributed by atoms with E-state index < -0.39 is 12.6 Å². The predicted molar refractivity (Wildman–Crippen MR) is 127 cm³/mol. The molecule has 0 spiro atoms. The molecule has 2 heterocycles. The second-order valence-electron chi connectivity index (χ2n) is 8.43. The molecule has 4 aromatic rings. The SMILES string of the molecule is Cc1c(-c2ccccc2)cccc1-c1nc2cc(COC(=O)[C@@H]3CCCN3)c(OC(F)F)cc2o1. The average molecular weight is 478 g/mol. The summed E-state index contributed by atoms with van der Waals surface area (Å²) in [5.74, 6) is -0.167. The van der Waals surface area contributed by atoms with Gasteiger partial charge in [-0.05, 0) is 55.1 Å². The zero-order valence-electron chi connectivity index (χ0n) is 19.1. The highest BCUT2D eigenvalue weighted by Gasteiger charge is 2.24. The number of oxazole rings is 1. The van der Waals surface area contributed by atoms with Gasteiger partial charge in [-0.15, -0.1) is 0 Å². The van der Waals surface area contributed by atoms with Crippen molar-refractivity contribution in [2.24, 2.45) is 0 Å². The third-order valence-corrected chi connectivity index (χ3v) is 6.15. The number of halogens is 2. The molecule has 0 bridgehead atoms. The molecule has 8 heteroatoms. The molecule has 1 aromatic heterocycles. The molecule has 0 radical (unpaired) electrons. The fraction of sp³-hybridized carbons (Fsp3) is 0.259. The Labute approximate surface area is 200 Å². The van der Waals surface area contributed by atoms with Crippen LogP contribution in [0.15, 0.2) is 65.1 Å². The summed E-state index contributed by atoms with van der Waals surface area (Å²) in [7, 11) is 0. The fourth-order valence-electron chi connectivity index (χ4n) is 4.37. The van der Waals surface area contributed by atoms with Gasteiger partial charge < -0.3 is 19.2 Å². The van der Waals surface area contributed by atoms with Crippen LogP contribution in [0.2, 0.25) is 0 Å². The van der Waals surface area contributed by atoms with Crippen LogP contribution in [0.25, 0.3) is 33.7 Å². The van der Waals surface area contributed by atoms with Crippen molar-refractivity contribution >= 4 is 17.1 Å². The van der Waals surface area contributed by atoms with E-state index in [0.717, 1.165) is 35.2 Å². The number of nitrogens with one attached hydrogen (secondary N) is 1. The smallest absolute Gasteiger partial charge is 0.387 e. The summed E-state index contributed by atoms with van der Waals surface area (Å²) in [6, 6.07) is 18.4. The summed E-state index contributed by atoms with van der Waals surface area (Å²) in [5, 5.41) is 3.06. The van der Waals surface area contributed by atoms with Gasteiger partial charge in [0, 0.05) is 17.2 Å². The van der Waals surface area contributed by atoms with Crippen molar-refractivity contribution in [1.29, 1.82) is 0 Å². The predicted octanol–water partition coefficient (Wildman–Crippen LogP) is 5.87. The van der Waals surface area contributed by atoms with Crippen molar-refractivity contribution in [3.8, 4) is 28.3 Å². The van der Waals surface area contributed by atoms with Crippen LogP contribution in [-0.4, -0.2) is 30.2 Å². The van der Waals surface area contributed by atoms with Gasteiger partial charge in [-0.25, -0.2) is 4.98 Å². The van der Waals surface area contributed by atoms with Crippen molar-refractivity contribution in [3.05, 3.63) is 71.8 Å². The zero-order chi connectivity index (χ0) is 24.4. The van der Waals surface area contributed by atoms with Gasteiger partial charge >= 0.3 is 12.6 Å². The Morgan fingerprint density at radius 2 is 1.94 bits per heavy atom. The van der Waals surface area contributed by atoms with Gasteiger partial charge in [-0.3, -0.25) is 4.79 Å². The number of esters is 1. The molecule has 1 atom stereocenters. The Bertz CT molecular complexity index is 1350. The van der Waals surface area contributed by atoms with E-state index in [0.29, 0.717) is 29.0 Å². The molecule has 0 amide bonds. The van der Waals surface area contributed by atoms with Gasteiger partial charge in [0.15, 0.2) is 5.58 Å². The minimum absolute atomic E-state index is 0.114. The highest BCUT2D eigenvalue weighted by Crippen LogP contribution is 2.35. The number of carbonyl (C=O) groups is 1. The van der Waals surface area contributed by atoms with Gasteiger partial charge in [-0.1, -0.05) is 42.5 Å². The highest BCUT2D eigenvalue weighted by atomic mass is 19.3. The van der Waals surface area contributed by atoms with E-state index in [2.05, 4.69) is 10.3 Å². The number of nitrogens with zero attached hydrogens (tertiary/aromatic N) is 1. The summed E-state index contributed by atoms with van der Waals surface area (Å²) in [4.78, 5) is 16.9. The van der Waals surface area contributed by atoms with Crippen molar-refractivity contribution in [3.63, 3.8) is 0 Å². The van der Waals surface area contributed by atoms with Crippen LogP contribution < -0.4 is 10.1 Å². The number of aromatic nitrogens is 1. The second-order valence-corrected chi connectivity index (χ2v) is 8.43. The third-order valence-electron chi connectivity index (χ3n) is 6.15. The topological polar surface area (TPSA) is 73.6 Å². The summed E-state index contributed by atoms with van der Waals surface area (Å²) < 4.78 is 42.2. The summed E-state index contributed by atoms with van der Waals surface area (Å²) in [6.45, 7) is -0.511. The normalized spacial score (nSPS) is 15.6. The van der Waals surface area contributed by atoms with Crippen molar-refractivity contribution in [2.75, 3.05) is 6.54 Å². The Hall–Kier alpha value is -3.78. The first kappa shape index (κ1) is 23.0. The van der Waals surface area contributed by atoms with E-state index in [4.69, 9.17) is 13.9 Å². The molecule has 0 aliphatic carbocycles. The number of rotatable bonds is 7. The van der Waals surface area contributed by atoms with Gasteiger partial charge in [0.25, 0.3) is 0 Å². The fourth-order valence-corrected chi connectivity index (χ4v) is 4.37. The summed E-state index contributed by atoms with van der Waals surface area (Å²) in [5.41, 5.74) is 4.92. The lowest BCUT2D eigenvalue weighted by Gasteiger charge is -2.13. The number of hydrogen-bond acceptors (Lipinski definition) is 6. The first-order chi connectivity index (χ1) is 17.0. The van der Waals surface area contributed by atoms with E-state index in [9.17, 15) is 13.6 Å². The van der Waals surface area contributed by atoms with Gasteiger partial charge in [-0.2, -0.15) is 8.78 Å². The number of hydrogen-bond donors (Lipinski definition) is 1. The molecule has 1 N–H and O–H groups in total. The summed E-state index contributed by atoms with van der Waals surface area (Å²) >= 11 is 0. The number of ether oxygens (including phenoxy) is 2. The molecular formula is C27H24F2N2O4. The Balaban J connectivity index is 1.48. The first-order valence-corrected chi connectivity index (χ1v) is 11.4. The molecule has 6 nitrogen and oxygen atoms in total. The minimum atomic E-state index is -3.04. The first-order valence-electron chi connectivity index (χ1n) is 11.4. The summed E-state index contributed by atoms with van der Waals surface area (Å²) in [6.07, 6.45) is 1.57. The molecule has 5 rings (SSSR count). The lowest BCUT2D eigenvalue weighted by atomic mass is 9.96. The number of carbonyl (C=O) groups excluding carboxylic acids is 1. The highest BCUT2D eigenvalue weighted by molar-refractivity contribution is 5.82. The maximum absolute atomic E-state index is 13.1. The van der Waals surface area contributed by atoms with Crippen molar-refractivity contribution in [2.45, 2.75) is 39.0 Å². The molecular weight excluding hydrogens is 454 g/mol. The Morgan fingerprint density at radius 3 is 2.69 bits per heavy atom. The van der Waals surface area contributed by atoms with E-state index in [-0.39, 0.29) is 18.4 Å². The number of alkyl halides is 2. The second kappa shape index (κ2) is 9.84. The molecule has 0 saturated carbocycles. The quantitative estimate of drug-likeness (QED) is 0.335. The van der Waals surface area contributed by atoms with Gasteiger partial charge in [0.1, 0.15) is 23.9 Å². The van der Waals surface area contributed by atoms with E-state index in [1.807, 2.05) is 55.5 Å². The minimum Gasteiger partial charge on any atom is -0.460 e. The molecule has 1 saturated heterocycles. The van der Waals surface area contributed by atoms with Crippen LogP contribution in [0, 0.1) is 6.92 Å². The largest absolute Gasteiger partial charge is 0.460 e. The third kappa shape index (κ3) is 4.88. The van der Waals surface area contributed by atoms with E-state index in [1.165, 1.54) is 6.07 Å². The van der Waals surface area contributed by atoms with Crippen LogP contribution in [0.4, 0.5) is 8.78 Å². The Kier molecular flexibility index (Phi) is 6.46. The lowest BCUT2D eigenvalue weighted by Crippen LogP contribution is -2.32.